The first-order valence-corrected chi connectivity index (χ1v) is 11.2. The van der Waals surface area contributed by atoms with Crippen LogP contribution >= 0.6 is 22.6 Å². The summed E-state index contributed by atoms with van der Waals surface area (Å²) in [5.74, 6) is -3.30. The number of nitrogens with zero attached hydrogens (tertiary/aromatic N) is 3. The van der Waals surface area contributed by atoms with Gasteiger partial charge in [-0.25, -0.2) is 13.2 Å². The lowest BCUT2D eigenvalue weighted by Crippen LogP contribution is -2.60. The minimum atomic E-state index is -1.20. The fourth-order valence-corrected chi connectivity index (χ4v) is 4.57. The van der Waals surface area contributed by atoms with Crippen molar-refractivity contribution in [2.45, 2.75) is 18.5 Å². The van der Waals surface area contributed by atoms with Crippen molar-refractivity contribution in [1.29, 1.82) is 0 Å². The van der Waals surface area contributed by atoms with E-state index in [0.29, 0.717) is 22.7 Å². The number of anilines is 2. The van der Waals surface area contributed by atoms with E-state index in [1.807, 2.05) is 22.6 Å². The summed E-state index contributed by atoms with van der Waals surface area (Å²) >= 11 is 1.96. The molecule has 2 fully saturated rings. The second-order valence-electron chi connectivity index (χ2n) is 8.30. The SMILES string of the molecule is CN(C)[C@@H]1CCN(C2CN(C(=O)c3ccc(F)c(F)c3Nc3ccc(I)cc3F)C2)C1. The van der Waals surface area contributed by atoms with E-state index < -0.39 is 23.4 Å². The topological polar surface area (TPSA) is 38.8 Å². The first-order valence-electron chi connectivity index (χ1n) is 10.1. The minimum Gasteiger partial charge on any atom is -0.350 e. The maximum atomic E-state index is 14.6. The first-order chi connectivity index (χ1) is 14.7. The molecule has 2 aliphatic rings. The third kappa shape index (κ3) is 4.54. The van der Waals surface area contributed by atoms with Gasteiger partial charge in [-0.1, -0.05) is 0 Å². The summed E-state index contributed by atoms with van der Waals surface area (Å²) in [7, 11) is 4.14. The maximum Gasteiger partial charge on any atom is 0.256 e. The van der Waals surface area contributed by atoms with E-state index in [4.69, 9.17) is 0 Å². The highest BCUT2D eigenvalue weighted by molar-refractivity contribution is 14.1. The number of hydrogen-bond acceptors (Lipinski definition) is 4. The second-order valence-corrected chi connectivity index (χ2v) is 9.54. The Kier molecular flexibility index (Phi) is 6.45. The van der Waals surface area contributed by atoms with Crippen LogP contribution in [0.4, 0.5) is 24.5 Å². The molecule has 2 aliphatic heterocycles. The lowest BCUT2D eigenvalue weighted by molar-refractivity contribution is 0.0319. The lowest BCUT2D eigenvalue weighted by atomic mass is 10.0. The number of amides is 1. The Hall–Kier alpha value is -1.85. The minimum absolute atomic E-state index is 0.0112. The summed E-state index contributed by atoms with van der Waals surface area (Å²) in [5.41, 5.74) is -0.377. The molecular formula is C22H24F3IN4O. The van der Waals surface area contributed by atoms with Crippen molar-refractivity contribution in [2.75, 3.05) is 45.6 Å². The average molecular weight is 544 g/mol. The van der Waals surface area contributed by atoms with Crippen LogP contribution in [0.25, 0.3) is 0 Å². The van der Waals surface area contributed by atoms with Gasteiger partial charge in [0.15, 0.2) is 11.6 Å². The molecule has 5 nitrogen and oxygen atoms in total. The molecule has 1 atom stereocenters. The van der Waals surface area contributed by atoms with Crippen molar-refractivity contribution in [3.63, 3.8) is 0 Å². The molecule has 0 bridgehead atoms. The maximum absolute atomic E-state index is 14.6. The van der Waals surface area contributed by atoms with E-state index in [2.05, 4.69) is 29.2 Å². The van der Waals surface area contributed by atoms with Gasteiger partial charge in [-0.2, -0.15) is 0 Å². The van der Waals surface area contributed by atoms with Gasteiger partial charge in [-0.05, 0) is 73.4 Å². The Balaban J connectivity index is 1.50. The van der Waals surface area contributed by atoms with Crippen LogP contribution in [-0.4, -0.2) is 73.0 Å². The van der Waals surface area contributed by atoms with Crippen LogP contribution in [0.5, 0.6) is 0 Å². The van der Waals surface area contributed by atoms with Crippen LogP contribution in [0, 0.1) is 21.0 Å². The lowest BCUT2D eigenvalue weighted by Gasteiger charge is -2.44. The number of nitrogens with one attached hydrogen (secondary N) is 1. The summed E-state index contributed by atoms with van der Waals surface area (Å²) in [6.07, 6.45) is 1.09. The normalized spacial score (nSPS) is 19.7. The Bertz CT molecular complexity index is 997. The molecule has 1 amide bonds. The van der Waals surface area contributed by atoms with Crippen LogP contribution in [0.15, 0.2) is 30.3 Å². The van der Waals surface area contributed by atoms with E-state index in [-0.39, 0.29) is 23.0 Å². The van der Waals surface area contributed by atoms with Gasteiger partial charge in [0.1, 0.15) is 5.82 Å². The van der Waals surface area contributed by atoms with E-state index in [1.54, 1.807) is 11.0 Å². The zero-order valence-corrected chi connectivity index (χ0v) is 19.5. The van der Waals surface area contributed by atoms with E-state index in [0.717, 1.165) is 25.6 Å². The molecule has 2 aromatic rings. The molecule has 2 aromatic carbocycles. The summed E-state index contributed by atoms with van der Waals surface area (Å²) in [6, 6.07) is 7.31. The van der Waals surface area contributed by atoms with Gasteiger partial charge < -0.3 is 15.1 Å². The van der Waals surface area contributed by atoms with Gasteiger partial charge >= 0.3 is 0 Å². The third-order valence-corrected chi connectivity index (χ3v) is 6.78. The van der Waals surface area contributed by atoms with E-state index >= 15 is 0 Å². The van der Waals surface area contributed by atoms with Crippen molar-refractivity contribution >= 4 is 39.9 Å². The van der Waals surface area contributed by atoms with Gasteiger partial charge in [0.2, 0.25) is 0 Å². The standard InChI is InChI=1S/C22H24F3IN4O/c1-28(2)14-7-8-29(10-14)15-11-30(12-15)22(31)16-4-5-17(23)20(25)21(16)27-19-6-3-13(26)9-18(19)24/h3-6,9,14-15,27H,7-8,10-12H2,1-2H3/t14-/m1/s1. The average Bonchev–Trinajstić information content (AvgIpc) is 3.16. The molecule has 4 rings (SSSR count). The van der Waals surface area contributed by atoms with Crippen LogP contribution in [0.3, 0.4) is 0 Å². The summed E-state index contributed by atoms with van der Waals surface area (Å²) in [5, 5.41) is 2.59. The number of benzene rings is 2. The molecule has 0 unspecified atom stereocenters. The molecule has 2 heterocycles. The summed E-state index contributed by atoms with van der Waals surface area (Å²) in [4.78, 5) is 19.3. The fourth-order valence-electron chi connectivity index (χ4n) is 4.12. The quantitative estimate of drug-likeness (QED) is 0.580. The Morgan fingerprint density at radius 2 is 1.84 bits per heavy atom. The predicted octanol–water partition coefficient (Wildman–Crippen LogP) is 3.91. The number of carbonyl (C=O) groups is 1. The van der Waals surface area contributed by atoms with Crippen molar-refractivity contribution < 1.29 is 18.0 Å². The van der Waals surface area contributed by atoms with Gasteiger partial charge in [-0.3, -0.25) is 9.69 Å². The van der Waals surface area contributed by atoms with Gasteiger partial charge in [0.05, 0.1) is 16.9 Å². The van der Waals surface area contributed by atoms with Crippen molar-refractivity contribution in [3.8, 4) is 0 Å². The second kappa shape index (κ2) is 8.95. The fraction of sp³-hybridized carbons (Fsp3) is 0.409. The van der Waals surface area contributed by atoms with Gasteiger partial charge in [0, 0.05) is 41.8 Å². The Morgan fingerprint density at radius 3 is 2.48 bits per heavy atom. The number of likely N-dealkylation sites (N-methyl/N-ethyl adjacent to an activating group) is 1. The van der Waals surface area contributed by atoms with Crippen LogP contribution in [-0.2, 0) is 0 Å². The van der Waals surface area contributed by atoms with Gasteiger partial charge in [-0.15, -0.1) is 0 Å². The first kappa shape index (κ1) is 22.3. The highest BCUT2D eigenvalue weighted by Crippen LogP contribution is 2.31. The third-order valence-electron chi connectivity index (χ3n) is 6.11. The molecule has 2 saturated heterocycles. The zero-order valence-electron chi connectivity index (χ0n) is 17.3. The highest BCUT2D eigenvalue weighted by Gasteiger charge is 2.39. The smallest absolute Gasteiger partial charge is 0.256 e. The molecule has 166 valence electrons. The Labute approximate surface area is 193 Å². The van der Waals surface area contributed by atoms with Crippen molar-refractivity contribution in [3.05, 3.63) is 56.9 Å². The van der Waals surface area contributed by atoms with Gasteiger partial charge in [0.25, 0.3) is 5.91 Å². The molecule has 31 heavy (non-hydrogen) atoms. The number of hydrogen-bond donors (Lipinski definition) is 1. The molecule has 0 aliphatic carbocycles. The molecular weight excluding hydrogens is 520 g/mol. The highest BCUT2D eigenvalue weighted by atomic mass is 127. The summed E-state index contributed by atoms with van der Waals surface area (Å²) in [6.45, 7) is 3.02. The largest absolute Gasteiger partial charge is 0.350 e. The number of carbonyl (C=O) groups excluding carboxylic acids is 1. The van der Waals surface area contributed by atoms with Crippen molar-refractivity contribution in [1.82, 2.24) is 14.7 Å². The predicted molar refractivity (Wildman–Crippen MR) is 122 cm³/mol. The summed E-state index contributed by atoms with van der Waals surface area (Å²) < 4.78 is 43.4. The molecule has 0 aromatic heterocycles. The molecule has 0 saturated carbocycles. The molecule has 1 N–H and O–H groups in total. The Morgan fingerprint density at radius 1 is 1.10 bits per heavy atom. The number of halogens is 4. The van der Waals surface area contributed by atoms with Crippen LogP contribution < -0.4 is 5.32 Å². The van der Waals surface area contributed by atoms with Crippen LogP contribution in [0.1, 0.15) is 16.8 Å². The van der Waals surface area contributed by atoms with E-state index in [1.165, 1.54) is 18.2 Å². The van der Waals surface area contributed by atoms with Crippen molar-refractivity contribution in [2.24, 2.45) is 0 Å². The molecule has 0 spiro atoms. The van der Waals surface area contributed by atoms with Crippen LogP contribution in [0.2, 0.25) is 0 Å². The number of rotatable bonds is 5. The zero-order chi connectivity index (χ0) is 22.3. The molecule has 9 heteroatoms. The number of likely N-dealkylation sites (tertiary alicyclic amines) is 2. The van der Waals surface area contributed by atoms with E-state index in [9.17, 15) is 18.0 Å². The monoisotopic (exact) mass is 544 g/mol. The molecule has 0 radical (unpaired) electrons.